The lowest BCUT2D eigenvalue weighted by Gasteiger charge is -2.27. The lowest BCUT2D eigenvalue weighted by Crippen LogP contribution is -2.36. The minimum Gasteiger partial charge on any atom is -0.491 e. The Morgan fingerprint density at radius 3 is 2.35 bits per heavy atom. The zero-order chi connectivity index (χ0) is 14.6. The number of ether oxygens (including phenoxy) is 1. The van der Waals surface area contributed by atoms with E-state index in [2.05, 4.69) is 5.32 Å². The van der Waals surface area contributed by atoms with E-state index in [-0.39, 0.29) is 12.5 Å². The van der Waals surface area contributed by atoms with E-state index in [9.17, 15) is 18.3 Å². The van der Waals surface area contributed by atoms with Gasteiger partial charge in [-0.15, -0.1) is 0 Å². The van der Waals surface area contributed by atoms with Crippen LogP contribution in [0.3, 0.4) is 0 Å². The van der Waals surface area contributed by atoms with Crippen LogP contribution in [0, 0.1) is 5.92 Å². The molecule has 0 saturated carbocycles. The number of nitrogens with one attached hydrogen (secondary N) is 1. The first-order valence-electron chi connectivity index (χ1n) is 6.65. The van der Waals surface area contributed by atoms with Crippen LogP contribution in [0.4, 0.5) is 13.2 Å². The van der Waals surface area contributed by atoms with Crippen LogP contribution < -0.4 is 10.1 Å². The quantitative estimate of drug-likeness (QED) is 0.894. The van der Waals surface area contributed by atoms with Crippen molar-refractivity contribution in [1.29, 1.82) is 0 Å². The number of aliphatic hydroxyl groups excluding tert-OH is 1. The van der Waals surface area contributed by atoms with Gasteiger partial charge in [-0.1, -0.05) is 0 Å². The Labute approximate surface area is 115 Å². The topological polar surface area (TPSA) is 41.5 Å². The van der Waals surface area contributed by atoms with Gasteiger partial charge in [0, 0.05) is 0 Å². The van der Waals surface area contributed by atoms with Crippen molar-refractivity contribution in [3.8, 4) is 5.75 Å². The average molecular weight is 289 g/mol. The predicted octanol–water partition coefficient (Wildman–Crippen LogP) is 2.44. The summed E-state index contributed by atoms with van der Waals surface area (Å²) in [6, 6.07) is 4.51. The van der Waals surface area contributed by atoms with Crippen LogP contribution >= 0.6 is 0 Å². The fraction of sp³-hybridized carbons (Fsp3) is 0.571. The van der Waals surface area contributed by atoms with Gasteiger partial charge in [0.05, 0.1) is 11.7 Å². The first kappa shape index (κ1) is 15.1. The Kier molecular flexibility index (Phi) is 4.88. The summed E-state index contributed by atoms with van der Waals surface area (Å²) in [5.74, 6) is 0.525. The third kappa shape index (κ3) is 4.11. The molecule has 1 unspecified atom stereocenters. The van der Waals surface area contributed by atoms with E-state index < -0.39 is 17.8 Å². The van der Waals surface area contributed by atoms with Crippen molar-refractivity contribution >= 4 is 0 Å². The molecule has 1 aromatic carbocycles. The maximum atomic E-state index is 12.4. The fourth-order valence-corrected chi connectivity index (χ4v) is 2.29. The van der Waals surface area contributed by atoms with Crippen LogP contribution in [-0.2, 0) is 6.18 Å². The van der Waals surface area contributed by atoms with Crippen molar-refractivity contribution < 1.29 is 23.0 Å². The molecule has 1 aromatic rings. The molecule has 20 heavy (non-hydrogen) atoms. The third-order valence-corrected chi connectivity index (χ3v) is 3.53. The molecular formula is C14H18F3NO2. The molecule has 0 aliphatic carbocycles. The molecule has 0 spiro atoms. The van der Waals surface area contributed by atoms with Crippen molar-refractivity contribution in [2.75, 3.05) is 19.7 Å². The van der Waals surface area contributed by atoms with E-state index in [4.69, 9.17) is 4.74 Å². The van der Waals surface area contributed by atoms with E-state index in [1.807, 2.05) is 0 Å². The van der Waals surface area contributed by atoms with E-state index in [0.717, 1.165) is 38.1 Å². The number of hydrogen-bond donors (Lipinski definition) is 2. The van der Waals surface area contributed by atoms with Crippen LogP contribution in [0.2, 0.25) is 0 Å². The summed E-state index contributed by atoms with van der Waals surface area (Å²) in [7, 11) is 0. The summed E-state index contributed by atoms with van der Waals surface area (Å²) in [6.45, 7) is 1.86. The average Bonchev–Trinajstić information content (AvgIpc) is 2.45. The second-order valence-corrected chi connectivity index (χ2v) is 4.99. The largest absolute Gasteiger partial charge is 0.491 e. The summed E-state index contributed by atoms with van der Waals surface area (Å²) >= 11 is 0. The maximum Gasteiger partial charge on any atom is 0.416 e. The summed E-state index contributed by atoms with van der Waals surface area (Å²) < 4.78 is 42.5. The fourth-order valence-electron chi connectivity index (χ4n) is 2.29. The van der Waals surface area contributed by atoms with Crippen molar-refractivity contribution in [2.24, 2.45) is 5.92 Å². The zero-order valence-electron chi connectivity index (χ0n) is 11.0. The summed E-state index contributed by atoms with van der Waals surface area (Å²) in [6.07, 6.45) is -3.15. The predicted molar refractivity (Wildman–Crippen MR) is 68.5 cm³/mol. The van der Waals surface area contributed by atoms with Crippen molar-refractivity contribution in [1.82, 2.24) is 5.32 Å². The summed E-state index contributed by atoms with van der Waals surface area (Å²) in [5, 5.41) is 13.2. The molecule has 1 saturated heterocycles. The van der Waals surface area contributed by atoms with Crippen LogP contribution in [0.15, 0.2) is 24.3 Å². The summed E-state index contributed by atoms with van der Waals surface area (Å²) in [5.41, 5.74) is -0.705. The van der Waals surface area contributed by atoms with Gasteiger partial charge in [0.1, 0.15) is 12.4 Å². The van der Waals surface area contributed by atoms with E-state index in [1.54, 1.807) is 0 Å². The Hall–Kier alpha value is -1.27. The first-order chi connectivity index (χ1) is 9.47. The van der Waals surface area contributed by atoms with E-state index >= 15 is 0 Å². The number of rotatable bonds is 4. The Morgan fingerprint density at radius 1 is 1.20 bits per heavy atom. The molecule has 1 heterocycles. The van der Waals surface area contributed by atoms with Gasteiger partial charge < -0.3 is 15.2 Å². The lowest BCUT2D eigenvalue weighted by atomic mass is 9.93. The van der Waals surface area contributed by atoms with Crippen molar-refractivity contribution in [3.05, 3.63) is 29.8 Å². The minimum atomic E-state index is -4.34. The van der Waals surface area contributed by atoms with Crippen molar-refractivity contribution in [3.63, 3.8) is 0 Å². The van der Waals surface area contributed by atoms with Gasteiger partial charge in [-0.3, -0.25) is 0 Å². The molecule has 1 fully saturated rings. The van der Waals surface area contributed by atoms with Crippen LogP contribution in [0.5, 0.6) is 5.75 Å². The highest BCUT2D eigenvalue weighted by molar-refractivity contribution is 5.28. The Balaban J connectivity index is 1.84. The van der Waals surface area contributed by atoms with Crippen LogP contribution in [0.1, 0.15) is 18.4 Å². The highest BCUT2D eigenvalue weighted by Crippen LogP contribution is 2.30. The molecule has 112 valence electrons. The molecule has 0 radical (unpaired) electrons. The SMILES string of the molecule is OC(COc1ccc(C(F)(F)F)cc1)C1CCNCC1. The molecule has 3 nitrogen and oxygen atoms in total. The number of halogens is 3. The van der Waals surface area contributed by atoms with Gasteiger partial charge in [-0.05, 0) is 56.1 Å². The number of piperidine rings is 1. The number of alkyl halides is 3. The highest BCUT2D eigenvalue weighted by atomic mass is 19.4. The van der Waals surface area contributed by atoms with Gasteiger partial charge in [-0.2, -0.15) is 13.2 Å². The Morgan fingerprint density at radius 2 is 1.80 bits per heavy atom. The van der Waals surface area contributed by atoms with Crippen molar-refractivity contribution in [2.45, 2.75) is 25.1 Å². The zero-order valence-corrected chi connectivity index (χ0v) is 11.0. The summed E-state index contributed by atoms with van der Waals surface area (Å²) in [4.78, 5) is 0. The molecular weight excluding hydrogens is 271 g/mol. The monoisotopic (exact) mass is 289 g/mol. The minimum absolute atomic E-state index is 0.107. The van der Waals surface area contributed by atoms with Gasteiger partial charge >= 0.3 is 6.18 Å². The molecule has 1 atom stereocenters. The van der Waals surface area contributed by atoms with Gasteiger partial charge in [-0.25, -0.2) is 0 Å². The maximum absolute atomic E-state index is 12.4. The second-order valence-electron chi connectivity index (χ2n) is 4.99. The Bertz CT molecular complexity index is 413. The lowest BCUT2D eigenvalue weighted by molar-refractivity contribution is -0.137. The smallest absolute Gasteiger partial charge is 0.416 e. The molecule has 1 aliphatic rings. The second kappa shape index (κ2) is 6.45. The highest BCUT2D eigenvalue weighted by Gasteiger charge is 2.30. The number of hydrogen-bond acceptors (Lipinski definition) is 3. The van der Waals surface area contributed by atoms with E-state index in [1.165, 1.54) is 12.1 Å². The molecule has 0 aromatic heterocycles. The normalized spacial score (nSPS) is 18.8. The molecule has 1 aliphatic heterocycles. The molecule has 0 amide bonds. The number of aliphatic hydroxyl groups is 1. The first-order valence-corrected chi connectivity index (χ1v) is 6.65. The third-order valence-electron chi connectivity index (χ3n) is 3.53. The van der Waals surface area contributed by atoms with Crippen LogP contribution in [0.25, 0.3) is 0 Å². The van der Waals surface area contributed by atoms with Gasteiger partial charge in [0.2, 0.25) is 0 Å². The van der Waals surface area contributed by atoms with E-state index in [0.29, 0.717) is 5.75 Å². The van der Waals surface area contributed by atoms with Gasteiger partial charge in [0.25, 0.3) is 0 Å². The van der Waals surface area contributed by atoms with Crippen LogP contribution in [-0.4, -0.2) is 30.9 Å². The standard InChI is InChI=1S/C14H18F3NO2/c15-14(16,17)11-1-3-12(4-2-11)20-9-13(19)10-5-7-18-8-6-10/h1-4,10,13,18-19H,5-9H2. The number of benzene rings is 1. The molecule has 6 heteroatoms. The molecule has 2 rings (SSSR count). The molecule has 2 N–H and O–H groups in total. The van der Waals surface area contributed by atoms with Gasteiger partial charge in [0.15, 0.2) is 0 Å². The molecule has 0 bridgehead atoms.